The molecule has 2 rings (SSSR count). The first-order valence-electron chi connectivity index (χ1n) is 5.75. The van der Waals surface area contributed by atoms with Gasteiger partial charge in [-0.25, -0.2) is 4.98 Å². The van der Waals surface area contributed by atoms with Crippen LogP contribution >= 0.6 is 0 Å². The molecule has 0 amide bonds. The Morgan fingerprint density at radius 3 is 3.06 bits per heavy atom. The van der Waals surface area contributed by atoms with Gasteiger partial charge in [-0.05, 0) is 31.4 Å². The molecule has 0 fully saturated rings. The summed E-state index contributed by atoms with van der Waals surface area (Å²) >= 11 is 0. The SMILES string of the molecule is O=CCCCCCc1cccc2cncn12. The standard InChI is InChI=1S/C13H16N2O/c16-9-4-2-1-3-6-12-7-5-8-13-10-14-11-15(12)13/h5,7-11H,1-4,6H2. The molecule has 0 aliphatic heterocycles. The lowest BCUT2D eigenvalue weighted by Crippen LogP contribution is -1.95. The number of hydrogen-bond donors (Lipinski definition) is 0. The van der Waals surface area contributed by atoms with E-state index in [1.807, 2.05) is 12.5 Å². The lowest BCUT2D eigenvalue weighted by Gasteiger charge is -2.04. The Kier molecular flexibility index (Phi) is 3.70. The maximum Gasteiger partial charge on any atom is 0.119 e. The predicted octanol–water partition coefficient (Wildman–Crippen LogP) is 2.64. The molecule has 0 aliphatic carbocycles. The van der Waals surface area contributed by atoms with Crippen LogP contribution in [0.25, 0.3) is 5.52 Å². The van der Waals surface area contributed by atoms with Crippen LogP contribution in [0.2, 0.25) is 0 Å². The van der Waals surface area contributed by atoms with Crippen molar-refractivity contribution in [2.75, 3.05) is 0 Å². The van der Waals surface area contributed by atoms with Gasteiger partial charge in [0.15, 0.2) is 0 Å². The number of fused-ring (bicyclic) bond motifs is 1. The van der Waals surface area contributed by atoms with Gasteiger partial charge in [-0.1, -0.05) is 12.5 Å². The molecule has 84 valence electrons. The minimum absolute atomic E-state index is 0.690. The number of carbonyl (C=O) groups is 1. The maximum absolute atomic E-state index is 10.2. The highest BCUT2D eigenvalue weighted by molar-refractivity contribution is 5.49. The third-order valence-corrected chi connectivity index (χ3v) is 2.79. The molecule has 0 bridgehead atoms. The van der Waals surface area contributed by atoms with E-state index in [4.69, 9.17) is 0 Å². The molecule has 0 atom stereocenters. The number of aryl methyl sites for hydroxylation is 1. The largest absolute Gasteiger partial charge is 0.303 e. The summed E-state index contributed by atoms with van der Waals surface area (Å²) in [7, 11) is 0. The van der Waals surface area contributed by atoms with Crippen molar-refractivity contribution in [2.24, 2.45) is 0 Å². The normalized spacial score (nSPS) is 10.8. The second kappa shape index (κ2) is 5.45. The van der Waals surface area contributed by atoms with Crippen LogP contribution < -0.4 is 0 Å². The Balaban J connectivity index is 1.93. The average Bonchev–Trinajstić information content (AvgIpc) is 2.77. The Morgan fingerprint density at radius 2 is 2.19 bits per heavy atom. The number of imidazole rings is 1. The second-order valence-corrected chi connectivity index (χ2v) is 3.97. The summed E-state index contributed by atoms with van der Waals surface area (Å²) in [6.45, 7) is 0. The highest BCUT2D eigenvalue weighted by atomic mass is 16.1. The van der Waals surface area contributed by atoms with Crippen molar-refractivity contribution in [1.29, 1.82) is 0 Å². The van der Waals surface area contributed by atoms with Crippen molar-refractivity contribution in [1.82, 2.24) is 9.38 Å². The quantitative estimate of drug-likeness (QED) is 0.549. The van der Waals surface area contributed by atoms with Crippen LogP contribution in [0.5, 0.6) is 0 Å². The smallest absolute Gasteiger partial charge is 0.119 e. The minimum atomic E-state index is 0.690. The number of unbranched alkanes of at least 4 members (excludes halogenated alkanes) is 3. The van der Waals surface area contributed by atoms with Gasteiger partial charge in [-0.2, -0.15) is 0 Å². The summed E-state index contributed by atoms with van der Waals surface area (Å²) < 4.78 is 2.12. The summed E-state index contributed by atoms with van der Waals surface area (Å²) in [4.78, 5) is 14.3. The molecule has 0 saturated carbocycles. The third-order valence-electron chi connectivity index (χ3n) is 2.79. The molecular formula is C13H16N2O. The number of rotatable bonds is 6. The molecule has 0 spiro atoms. The zero-order valence-electron chi connectivity index (χ0n) is 9.30. The first-order valence-corrected chi connectivity index (χ1v) is 5.75. The Bertz CT molecular complexity index is 462. The lowest BCUT2D eigenvalue weighted by molar-refractivity contribution is -0.107. The van der Waals surface area contributed by atoms with Gasteiger partial charge in [-0.3, -0.25) is 0 Å². The Hall–Kier alpha value is -1.64. The van der Waals surface area contributed by atoms with Crippen LogP contribution in [0.3, 0.4) is 0 Å². The summed E-state index contributed by atoms with van der Waals surface area (Å²) in [6, 6.07) is 6.26. The summed E-state index contributed by atoms with van der Waals surface area (Å²) in [5.41, 5.74) is 2.44. The molecule has 0 aromatic carbocycles. The minimum Gasteiger partial charge on any atom is -0.303 e. The number of carbonyl (C=O) groups excluding carboxylic acids is 1. The topological polar surface area (TPSA) is 34.4 Å². The number of aldehydes is 1. The van der Waals surface area contributed by atoms with Gasteiger partial charge in [0.25, 0.3) is 0 Å². The summed E-state index contributed by atoms with van der Waals surface area (Å²) in [5, 5.41) is 0. The molecule has 0 N–H and O–H groups in total. The van der Waals surface area contributed by atoms with Crippen LogP contribution in [0.4, 0.5) is 0 Å². The van der Waals surface area contributed by atoms with E-state index >= 15 is 0 Å². The Labute approximate surface area is 95.1 Å². The van der Waals surface area contributed by atoms with E-state index in [-0.39, 0.29) is 0 Å². The van der Waals surface area contributed by atoms with Crippen molar-refractivity contribution in [3.8, 4) is 0 Å². The lowest BCUT2D eigenvalue weighted by atomic mass is 10.1. The van der Waals surface area contributed by atoms with E-state index in [9.17, 15) is 4.79 Å². The summed E-state index contributed by atoms with van der Waals surface area (Å²) in [6.07, 6.45) is 9.71. The van der Waals surface area contributed by atoms with E-state index in [0.29, 0.717) is 6.42 Å². The van der Waals surface area contributed by atoms with Crippen LogP contribution in [0.1, 0.15) is 31.4 Å². The van der Waals surface area contributed by atoms with E-state index in [2.05, 4.69) is 27.6 Å². The molecule has 0 unspecified atom stereocenters. The molecule has 3 nitrogen and oxygen atoms in total. The highest BCUT2D eigenvalue weighted by Crippen LogP contribution is 2.10. The van der Waals surface area contributed by atoms with E-state index < -0.39 is 0 Å². The molecule has 2 aromatic rings. The Morgan fingerprint density at radius 1 is 1.25 bits per heavy atom. The van der Waals surface area contributed by atoms with Crippen molar-refractivity contribution in [3.05, 3.63) is 36.4 Å². The zero-order chi connectivity index (χ0) is 11.2. The second-order valence-electron chi connectivity index (χ2n) is 3.97. The monoisotopic (exact) mass is 216 g/mol. The van der Waals surface area contributed by atoms with Gasteiger partial charge in [0.2, 0.25) is 0 Å². The van der Waals surface area contributed by atoms with Gasteiger partial charge in [0, 0.05) is 12.1 Å². The van der Waals surface area contributed by atoms with Crippen LogP contribution in [-0.2, 0) is 11.2 Å². The zero-order valence-corrected chi connectivity index (χ0v) is 9.30. The van der Waals surface area contributed by atoms with Crippen LogP contribution in [0, 0.1) is 0 Å². The molecule has 0 saturated heterocycles. The van der Waals surface area contributed by atoms with Gasteiger partial charge in [-0.15, -0.1) is 0 Å². The number of nitrogens with zero attached hydrogens (tertiary/aromatic N) is 2. The van der Waals surface area contributed by atoms with Crippen LogP contribution in [0.15, 0.2) is 30.7 Å². The van der Waals surface area contributed by atoms with Gasteiger partial charge in [0.1, 0.15) is 6.29 Å². The molecule has 3 heteroatoms. The highest BCUT2D eigenvalue weighted by Gasteiger charge is 1.99. The summed E-state index contributed by atoms with van der Waals surface area (Å²) in [5.74, 6) is 0. The van der Waals surface area contributed by atoms with Gasteiger partial charge in [0.05, 0.1) is 18.0 Å². The van der Waals surface area contributed by atoms with Crippen molar-refractivity contribution < 1.29 is 4.79 Å². The van der Waals surface area contributed by atoms with Crippen molar-refractivity contribution in [3.63, 3.8) is 0 Å². The fourth-order valence-corrected chi connectivity index (χ4v) is 1.92. The van der Waals surface area contributed by atoms with E-state index in [1.165, 1.54) is 5.69 Å². The number of pyridine rings is 1. The van der Waals surface area contributed by atoms with Crippen molar-refractivity contribution in [2.45, 2.75) is 32.1 Å². The molecule has 2 aromatic heterocycles. The maximum atomic E-state index is 10.2. The van der Waals surface area contributed by atoms with Crippen molar-refractivity contribution >= 4 is 11.8 Å². The van der Waals surface area contributed by atoms with Gasteiger partial charge < -0.3 is 9.20 Å². The predicted molar refractivity (Wildman–Crippen MR) is 63.4 cm³/mol. The molecule has 16 heavy (non-hydrogen) atoms. The third kappa shape index (κ3) is 2.48. The van der Waals surface area contributed by atoms with Crippen LogP contribution in [-0.4, -0.2) is 15.7 Å². The average molecular weight is 216 g/mol. The molecule has 0 aliphatic rings. The molecular weight excluding hydrogens is 200 g/mol. The van der Waals surface area contributed by atoms with E-state index in [0.717, 1.165) is 37.5 Å². The van der Waals surface area contributed by atoms with E-state index in [1.54, 1.807) is 0 Å². The van der Waals surface area contributed by atoms with Gasteiger partial charge >= 0.3 is 0 Å². The fraction of sp³-hybridized carbons (Fsp3) is 0.385. The molecule has 0 radical (unpaired) electrons. The number of hydrogen-bond acceptors (Lipinski definition) is 2. The first-order chi connectivity index (χ1) is 7.92. The fourth-order valence-electron chi connectivity index (χ4n) is 1.92. The first kappa shape index (κ1) is 10.9. The number of aromatic nitrogens is 2. The molecule has 2 heterocycles.